The number of likely N-dealkylation sites (tertiary alicyclic amines) is 1. The van der Waals surface area contributed by atoms with E-state index in [2.05, 4.69) is 0 Å². The van der Waals surface area contributed by atoms with Crippen LogP contribution in [0.25, 0.3) is 0 Å². The van der Waals surface area contributed by atoms with Crippen molar-refractivity contribution in [3.8, 4) is 6.07 Å². The highest BCUT2D eigenvalue weighted by molar-refractivity contribution is 5.81. The summed E-state index contributed by atoms with van der Waals surface area (Å²) in [5.74, 6) is -0.793. The number of nitrogens with zero attached hydrogens (tertiary/aromatic N) is 2. The van der Waals surface area contributed by atoms with Crippen LogP contribution >= 0.6 is 0 Å². The quantitative estimate of drug-likeness (QED) is 0.894. The Morgan fingerprint density at radius 3 is 2.95 bits per heavy atom. The van der Waals surface area contributed by atoms with Crippen LogP contribution in [0.2, 0.25) is 0 Å². The summed E-state index contributed by atoms with van der Waals surface area (Å²) >= 11 is 0. The van der Waals surface area contributed by atoms with Crippen LogP contribution in [-0.4, -0.2) is 23.9 Å². The molecule has 1 unspecified atom stereocenters. The summed E-state index contributed by atoms with van der Waals surface area (Å²) < 4.78 is 13.9. The molecule has 2 N–H and O–H groups in total. The van der Waals surface area contributed by atoms with E-state index in [0.717, 1.165) is 0 Å². The number of hydrogen-bond acceptors (Lipinski definition) is 3. The van der Waals surface area contributed by atoms with Gasteiger partial charge in [-0.05, 0) is 26.0 Å². The number of nitriles is 1. The normalized spacial score (nSPS) is 23.2. The van der Waals surface area contributed by atoms with Crippen LogP contribution < -0.4 is 5.73 Å². The lowest BCUT2D eigenvalue weighted by Crippen LogP contribution is -2.37. The first kappa shape index (κ1) is 13.5. The Balaban J connectivity index is 2.12. The molecule has 19 heavy (non-hydrogen) atoms. The van der Waals surface area contributed by atoms with Crippen LogP contribution in [-0.2, 0) is 11.3 Å². The zero-order valence-electron chi connectivity index (χ0n) is 10.8. The van der Waals surface area contributed by atoms with Gasteiger partial charge in [-0.2, -0.15) is 5.26 Å². The number of amides is 1. The maximum atomic E-state index is 13.9. The SMILES string of the molecule is CC1(C(N)=O)CCN(Cc2cccc(C#N)c2F)C1. The molecule has 100 valence electrons. The molecule has 1 aliphatic heterocycles. The summed E-state index contributed by atoms with van der Waals surface area (Å²) in [6.07, 6.45) is 0.682. The molecule has 1 amide bonds. The first-order chi connectivity index (χ1) is 8.96. The number of hydrogen-bond donors (Lipinski definition) is 1. The number of primary amides is 1. The fourth-order valence-corrected chi connectivity index (χ4v) is 2.42. The molecule has 1 aromatic rings. The summed E-state index contributed by atoms with van der Waals surface area (Å²) in [6.45, 7) is 3.45. The van der Waals surface area contributed by atoms with Crippen molar-refractivity contribution < 1.29 is 9.18 Å². The minimum atomic E-state index is -0.538. The molecular formula is C14H16FN3O. The second-order valence-electron chi connectivity index (χ2n) is 5.28. The van der Waals surface area contributed by atoms with Crippen molar-refractivity contribution in [2.45, 2.75) is 19.9 Å². The highest BCUT2D eigenvalue weighted by atomic mass is 19.1. The predicted octanol–water partition coefficient (Wildman–Crippen LogP) is 1.39. The van der Waals surface area contributed by atoms with Gasteiger partial charge in [0.2, 0.25) is 5.91 Å². The van der Waals surface area contributed by atoms with E-state index in [0.29, 0.717) is 31.6 Å². The molecule has 5 heteroatoms. The third-order valence-corrected chi connectivity index (χ3v) is 3.74. The largest absolute Gasteiger partial charge is 0.369 e. The van der Waals surface area contributed by atoms with Gasteiger partial charge >= 0.3 is 0 Å². The Hall–Kier alpha value is -1.93. The highest BCUT2D eigenvalue weighted by Gasteiger charge is 2.38. The van der Waals surface area contributed by atoms with Gasteiger partial charge in [0.05, 0.1) is 11.0 Å². The molecule has 1 atom stereocenters. The Morgan fingerprint density at radius 1 is 1.63 bits per heavy atom. The zero-order chi connectivity index (χ0) is 14.0. The van der Waals surface area contributed by atoms with Crippen LogP contribution in [0.4, 0.5) is 4.39 Å². The van der Waals surface area contributed by atoms with Crippen LogP contribution in [0, 0.1) is 22.6 Å². The fourth-order valence-electron chi connectivity index (χ4n) is 2.42. The first-order valence-electron chi connectivity index (χ1n) is 6.16. The second-order valence-corrected chi connectivity index (χ2v) is 5.28. The smallest absolute Gasteiger partial charge is 0.224 e. The monoisotopic (exact) mass is 261 g/mol. The third kappa shape index (κ3) is 2.59. The lowest BCUT2D eigenvalue weighted by molar-refractivity contribution is -0.126. The highest BCUT2D eigenvalue weighted by Crippen LogP contribution is 2.30. The Kier molecular flexibility index (Phi) is 3.54. The molecular weight excluding hydrogens is 245 g/mol. The molecule has 1 aliphatic rings. The van der Waals surface area contributed by atoms with Gasteiger partial charge in [0.15, 0.2) is 0 Å². The van der Waals surface area contributed by atoms with Crippen molar-refractivity contribution >= 4 is 5.91 Å². The van der Waals surface area contributed by atoms with Crippen LogP contribution in [0.15, 0.2) is 18.2 Å². The minimum Gasteiger partial charge on any atom is -0.369 e. The van der Waals surface area contributed by atoms with Crippen LogP contribution in [0.3, 0.4) is 0 Å². The van der Waals surface area contributed by atoms with Crippen LogP contribution in [0.5, 0.6) is 0 Å². The summed E-state index contributed by atoms with van der Waals surface area (Å²) in [4.78, 5) is 13.4. The van der Waals surface area contributed by atoms with E-state index in [4.69, 9.17) is 11.0 Å². The van der Waals surface area contributed by atoms with Crippen molar-refractivity contribution in [3.05, 3.63) is 35.1 Å². The van der Waals surface area contributed by atoms with Gasteiger partial charge in [0.25, 0.3) is 0 Å². The molecule has 1 saturated heterocycles. The summed E-state index contributed by atoms with van der Waals surface area (Å²) in [5, 5.41) is 8.79. The fraction of sp³-hybridized carbons (Fsp3) is 0.429. The van der Waals surface area contributed by atoms with Crippen molar-refractivity contribution in [1.29, 1.82) is 5.26 Å². The van der Waals surface area contributed by atoms with E-state index in [1.807, 2.05) is 17.9 Å². The summed E-state index contributed by atoms with van der Waals surface area (Å²) in [7, 11) is 0. The molecule has 0 saturated carbocycles. The van der Waals surface area contributed by atoms with Crippen molar-refractivity contribution in [1.82, 2.24) is 4.90 Å². The molecule has 0 radical (unpaired) electrons. The zero-order valence-corrected chi connectivity index (χ0v) is 10.8. The molecule has 4 nitrogen and oxygen atoms in total. The van der Waals surface area contributed by atoms with Gasteiger partial charge in [-0.15, -0.1) is 0 Å². The molecule has 1 heterocycles. The third-order valence-electron chi connectivity index (χ3n) is 3.74. The van der Waals surface area contributed by atoms with Gasteiger partial charge in [0.1, 0.15) is 11.9 Å². The second kappa shape index (κ2) is 4.98. The molecule has 1 aromatic carbocycles. The average molecular weight is 261 g/mol. The van der Waals surface area contributed by atoms with Gasteiger partial charge < -0.3 is 5.73 Å². The summed E-state index contributed by atoms with van der Waals surface area (Å²) in [5.41, 5.74) is 5.37. The van der Waals surface area contributed by atoms with Crippen molar-refractivity contribution in [2.75, 3.05) is 13.1 Å². The van der Waals surface area contributed by atoms with E-state index in [1.165, 1.54) is 6.07 Å². The molecule has 0 aromatic heterocycles. The average Bonchev–Trinajstić information content (AvgIpc) is 2.75. The van der Waals surface area contributed by atoms with Gasteiger partial charge in [-0.1, -0.05) is 12.1 Å². The maximum absolute atomic E-state index is 13.9. The minimum absolute atomic E-state index is 0.0503. The van der Waals surface area contributed by atoms with Crippen LogP contribution in [0.1, 0.15) is 24.5 Å². The number of halogens is 1. The summed E-state index contributed by atoms with van der Waals surface area (Å²) in [6, 6.07) is 6.61. The number of carbonyl (C=O) groups excluding carboxylic acids is 1. The Bertz CT molecular complexity index is 552. The Morgan fingerprint density at radius 2 is 2.37 bits per heavy atom. The lowest BCUT2D eigenvalue weighted by Gasteiger charge is -2.21. The molecule has 0 bridgehead atoms. The van der Waals surface area contributed by atoms with Crippen molar-refractivity contribution in [3.63, 3.8) is 0 Å². The van der Waals surface area contributed by atoms with E-state index in [-0.39, 0.29) is 11.5 Å². The Labute approximate surface area is 111 Å². The van der Waals surface area contributed by atoms with Gasteiger partial charge in [-0.3, -0.25) is 9.69 Å². The topological polar surface area (TPSA) is 70.1 Å². The van der Waals surface area contributed by atoms with E-state index < -0.39 is 11.2 Å². The number of carbonyl (C=O) groups is 1. The van der Waals surface area contributed by atoms with Gasteiger partial charge in [-0.25, -0.2) is 4.39 Å². The number of rotatable bonds is 3. The first-order valence-corrected chi connectivity index (χ1v) is 6.16. The standard InChI is InChI=1S/C14H16FN3O/c1-14(13(17)19)5-6-18(9-14)8-11-4-2-3-10(7-16)12(11)15/h2-4H,5-6,8-9H2,1H3,(H2,17,19). The van der Waals surface area contributed by atoms with E-state index in [1.54, 1.807) is 12.1 Å². The predicted molar refractivity (Wildman–Crippen MR) is 68.3 cm³/mol. The number of nitrogens with two attached hydrogens (primary N) is 1. The lowest BCUT2D eigenvalue weighted by atomic mass is 9.89. The molecule has 2 rings (SSSR count). The van der Waals surface area contributed by atoms with Gasteiger partial charge in [0, 0.05) is 18.7 Å². The van der Waals surface area contributed by atoms with E-state index in [9.17, 15) is 9.18 Å². The maximum Gasteiger partial charge on any atom is 0.224 e. The number of benzene rings is 1. The molecule has 0 spiro atoms. The van der Waals surface area contributed by atoms with E-state index >= 15 is 0 Å². The van der Waals surface area contributed by atoms with Crippen molar-refractivity contribution in [2.24, 2.45) is 11.1 Å². The molecule has 1 fully saturated rings. The molecule has 0 aliphatic carbocycles.